The Morgan fingerprint density at radius 1 is 1.37 bits per heavy atom. The predicted octanol–water partition coefficient (Wildman–Crippen LogP) is 1.43. The number of carbonyl (C=O) groups is 2. The minimum atomic E-state index is -4.72. The van der Waals surface area contributed by atoms with Crippen molar-refractivity contribution in [3.05, 3.63) is 47.3 Å². The zero-order valence-corrected chi connectivity index (χ0v) is 15.9. The molecule has 1 aromatic heterocycles. The lowest BCUT2D eigenvalue weighted by molar-refractivity contribution is -0.138. The van der Waals surface area contributed by atoms with E-state index < -0.39 is 29.4 Å². The van der Waals surface area contributed by atoms with Crippen LogP contribution in [0.25, 0.3) is 5.69 Å². The first-order chi connectivity index (χ1) is 14.0. The summed E-state index contributed by atoms with van der Waals surface area (Å²) >= 11 is 0. The van der Waals surface area contributed by atoms with Gasteiger partial charge in [-0.05, 0) is 24.6 Å². The van der Waals surface area contributed by atoms with Gasteiger partial charge in [0.05, 0.1) is 5.69 Å². The number of likely N-dealkylation sites (N-methyl/N-ethyl adjacent to an activating group) is 1. The number of aliphatic hydroxyl groups is 1. The number of hydrogen-bond donors (Lipinski definition) is 2. The van der Waals surface area contributed by atoms with Gasteiger partial charge in [-0.1, -0.05) is 12.0 Å². The number of aromatic nitrogens is 2. The molecule has 7 nitrogen and oxygen atoms in total. The SMILES string of the molecule is C#C.C#Cc1cccc(-n2cc(C(F)(F)F)c(C(N)=O)n2)c1.CN1CC[C@H](O)C1=O. The fraction of sp³-hybridized carbons (Fsp3) is 0.250. The first kappa shape index (κ1) is 24.3. The van der Waals surface area contributed by atoms with Crippen LogP contribution in [0.5, 0.6) is 0 Å². The molecule has 2 amide bonds. The highest BCUT2D eigenvalue weighted by atomic mass is 19.4. The summed E-state index contributed by atoms with van der Waals surface area (Å²) in [6, 6.07) is 6.17. The van der Waals surface area contributed by atoms with Crippen molar-refractivity contribution in [2.45, 2.75) is 18.7 Å². The van der Waals surface area contributed by atoms with Crippen LogP contribution < -0.4 is 5.73 Å². The molecule has 1 saturated heterocycles. The molecule has 1 aliphatic heterocycles. The summed E-state index contributed by atoms with van der Waals surface area (Å²) in [5.74, 6) is 0.962. The topological polar surface area (TPSA) is 101 Å². The number of terminal acetylenes is 2. The van der Waals surface area contributed by atoms with Crippen LogP contribution in [0, 0.1) is 25.2 Å². The Labute approximate surface area is 171 Å². The molecule has 3 rings (SSSR count). The third-order valence-corrected chi connectivity index (χ3v) is 3.93. The van der Waals surface area contributed by atoms with Crippen LogP contribution in [-0.2, 0) is 11.0 Å². The molecule has 1 aliphatic rings. The van der Waals surface area contributed by atoms with E-state index in [-0.39, 0.29) is 5.91 Å². The van der Waals surface area contributed by atoms with Crippen LogP contribution in [0.15, 0.2) is 30.5 Å². The number of amides is 2. The standard InChI is InChI=1S/C13H8F3N3O.C5H9NO2.C2H2/c1-2-8-4-3-5-9(6-8)19-7-10(13(14,15)16)11(18-19)12(17)20;1-6-3-2-4(7)5(6)8;1-2/h1,3-7H,(H2,17,20);4,7H,2-3H2,1H3;1-2H/t;4-;/m.0./s1. The molecule has 0 radical (unpaired) electrons. The van der Waals surface area contributed by atoms with Gasteiger partial charge in [0.1, 0.15) is 11.7 Å². The molecule has 30 heavy (non-hydrogen) atoms. The van der Waals surface area contributed by atoms with Crippen molar-refractivity contribution in [1.82, 2.24) is 14.7 Å². The summed E-state index contributed by atoms with van der Waals surface area (Å²) in [5, 5.41) is 12.4. The van der Waals surface area contributed by atoms with Crippen molar-refractivity contribution >= 4 is 11.8 Å². The lowest BCUT2D eigenvalue weighted by Crippen LogP contribution is -2.24. The second kappa shape index (κ2) is 10.1. The molecule has 0 saturated carbocycles. The smallest absolute Gasteiger partial charge is 0.383 e. The summed E-state index contributed by atoms with van der Waals surface area (Å²) in [4.78, 5) is 23.2. The average molecular weight is 420 g/mol. The molecule has 2 heterocycles. The van der Waals surface area contributed by atoms with Crippen molar-refractivity contribution in [2.24, 2.45) is 5.73 Å². The molecule has 0 spiro atoms. The van der Waals surface area contributed by atoms with E-state index in [9.17, 15) is 22.8 Å². The molecular formula is C20H19F3N4O3. The molecule has 1 aromatic carbocycles. The molecule has 158 valence electrons. The van der Waals surface area contributed by atoms with Crippen LogP contribution in [0.1, 0.15) is 28.0 Å². The number of rotatable bonds is 2. The Balaban J connectivity index is 0.000000375. The quantitative estimate of drug-likeness (QED) is 0.718. The van der Waals surface area contributed by atoms with E-state index in [2.05, 4.69) is 23.9 Å². The monoisotopic (exact) mass is 420 g/mol. The molecule has 10 heteroatoms. The van der Waals surface area contributed by atoms with E-state index in [0.717, 1.165) is 4.68 Å². The number of benzene rings is 1. The first-order valence-corrected chi connectivity index (χ1v) is 8.34. The number of primary amides is 1. The second-order valence-corrected chi connectivity index (χ2v) is 5.96. The van der Waals surface area contributed by atoms with Crippen molar-refractivity contribution in [2.75, 3.05) is 13.6 Å². The fourth-order valence-electron chi connectivity index (χ4n) is 2.44. The van der Waals surface area contributed by atoms with Crippen LogP contribution in [0.2, 0.25) is 0 Å². The molecule has 0 unspecified atom stereocenters. The van der Waals surface area contributed by atoms with Gasteiger partial charge >= 0.3 is 6.18 Å². The minimum Gasteiger partial charge on any atom is -0.383 e. The molecular weight excluding hydrogens is 401 g/mol. The third kappa shape index (κ3) is 5.87. The number of nitrogens with two attached hydrogens (primary N) is 1. The van der Waals surface area contributed by atoms with E-state index >= 15 is 0 Å². The number of hydrogen-bond acceptors (Lipinski definition) is 4. The zero-order valence-electron chi connectivity index (χ0n) is 15.9. The Kier molecular flexibility index (Phi) is 8.21. The number of nitrogens with zero attached hydrogens (tertiary/aromatic N) is 3. The van der Waals surface area contributed by atoms with E-state index in [4.69, 9.17) is 17.3 Å². The van der Waals surface area contributed by atoms with Crippen LogP contribution >= 0.6 is 0 Å². The predicted molar refractivity (Wildman–Crippen MR) is 103 cm³/mol. The van der Waals surface area contributed by atoms with Crippen molar-refractivity contribution < 1.29 is 27.9 Å². The Morgan fingerprint density at radius 3 is 2.37 bits per heavy atom. The number of likely N-dealkylation sites (tertiary alicyclic amines) is 1. The summed E-state index contributed by atoms with van der Waals surface area (Å²) in [6.45, 7) is 0.694. The maximum absolute atomic E-state index is 12.8. The van der Waals surface area contributed by atoms with E-state index in [1.54, 1.807) is 19.2 Å². The van der Waals surface area contributed by atoms with Crippen molar-refractivity contribution in [3.8, 4) is 30.9 Å². The summed E-state index contributed by atoms with van der Waals surface area (Å²) in [6.07, 6.45) is 9.07. The van der Waals surface area contributed by atoms with Crippen LogP contribution in [0.3, 0.4) is 0 Å². The van der Waals surface area contributed by atoms with Crippen LogP contribution in [0.4, 0.5) is 13.2 Å². The number of halogens is 3. The zero-order chi connectivity index (χ0) is 23.1. The third-order valence-electron chi connectivity index (χ3n) is 3.93. The Bertz CT molecular complexity index is 962. The van der Waals surface area contributed by atoms with Gasteiger partial charge in [0.15, 0.2) is 5.69 Å². The normalized spacial score (nSPS) is 15.3. The lowest BCUT2D eigenvalue weighted by Gasteiger charge is -2.04. The molecule has 0 aliphatic carbocycles. The minimum absolute atomic E-state index is 0.148. The van der Waals surface area contributed by atoms with Crippen molar-refractivity contribution in [3.63, 3.8) is 0 Å². The van der Waals surface area contributed by atoms with Gasteiger partial charge in [-0.2, -0.15) is 18.3 Å². The molecule has 3 N–H and O–H groups in total. The summed E-state index contributed by atoms with van der Waals surface area (Å²) in [5.41, 5.74) is 3.68. The van der Waals surface area contributed by atoms with Gasteiger partial charge in [-0.25, -0.2) is 4.68 Å². The fourth-order valence-corrected chi connectivity index (χ4v) is 2.44. The molecule has 0 bridgehead atoms. The van der Waals surface area contributed by atoms with Gasteiger partial charge in [0, 0.05) is 25.4 Å². The van der Waals surface area contributed by atoms with Gasteiger partial charge in [0.2, 0.25) is 0 Å². The largest absolute Gasteiger partial charge is 0.420 e. The molecule has 1 atom stereocenters. The first-order valence-electron chi connectivity index (χ1n) is 8.34. The molecule has 1 fully saturated rings. The Hall–Kier alpha value is -3.76. The second-order valence-electron chi connectivity index (χ2n) is 5.96. The van der Waals surface area contributed by atoms with Crippen molar-refractivity contribution in [1.29, 1.82) is 0 Å². The highest BCUT2D eigenvalue weighted by Crippen LogP contribution is 2.32. The van der Waals surface area contributed by atoms with E-state index in [0.29, 0.717) is 30.4 Å². The van der Waals surface area contributed by atoms with Gasteiger partial charge in [-0.15, -0.1) is 19.3 Å². The lowest BCUT2D eigenvalue weighted by atomic mass is 10.2. The van der Waals surface area contributed by atoms with E-state index in [1.165, 1.54) is 17.0 Å². The maximum atomic E-state index is 12.8. The number of alkyl halides is 3. The highest BCUT2D eigenvalue weighted by Gasteiger charge is 2.37. The van der Waals surface area contributed by atoms with E-state index in [1.807, 2.05) is 0 Å². The highest BCUT2D eigenvalue weighted by molar-refractivity contribution is 5.92. The maximum Gasteiger partial charge on any atom is 0.420 e. The number of aliphatic hydroxyl groups excluding tert-OH is 1. The Morgan fingerprint density at radius 2 is 2.00 bits per heavy atom. The summed E-state index contributed by atoms with van der Waals surface area (Å²) in [7, 11) is 1.69. The summed E-state index contributed by atoms with van der Waals surface area (Å²) < 4.78 is 39.3. The van der Waals surface area contributed by atoms with Gasteiger partial charge in [0.25, 0.3) is 11.8 Å². The van der Waals surface area contributed by atoms with Gasteiger partial charge < -0.3 is 15.7 Å². The average Bonchev–Trinajstić information content (AvgIpc) is 3.30. The van der Waals surface area contributed by atoms with Crippen LogP contribution in [-0.4, -0.2) is 51.3 Å². The molecule has 2 aromatic rings. The van der Waals surface area contributed by atoms with Gasteiger partial charge in [-0.3, -0.25) is 9.59 Å². The number of carbonyl (C=O) groups excluding carboxylic acids is 2.